The van der Waals surface area contributed by atoms with Gasteiger partial charge in [-0.1, -0.05) is 15.9 Å². The van der Waals surface area contributed by atoms with Crippen molar-refractivity contribution in [3.63, 3.8) is 0 Å². The molecule has 1 aromatic rings. The summed E-state index contributed by atoms with van der Waals surface area (Å²) in [4.78, 5) is 4.20. The van der Waals surface area contributed by atoms with E-state index in [0.717, 1.165) is 15.5 Å². The van der Waals surface area contributed by atoms with Crippen molar-refractivity contribution in [3.8, 4) is 0 Å². The van der Waals surface area contributed by atoms with Crippen molar-refractivity contribution in [1.82, 2.24) is 4.98 Å². The Balaban J connectivity index is 3.07. The number of rotatable bonds is 1. The summed E-state index contributed by atoms with van der Waals surface area (Å²) in [6.45, 7) is 2.02. The van der Waals surface area contributed by atoms with Gasteiger partial charge in [0, 0.05) is 16.0 Å². The van der Waals surface area contributed by atoms with E-state index in [1.807, 2.05) is 13.1 Å². The van der Waals surface area contributed by atoms with Gasteiger partial charge in [0.2, 0.25) is 0 Å². The van der Waals surface area contributed by atoms with E-state index in [-0.39, 0.29) is 0 Å². The maximum atomic E-state index is 4.20. The minimum Gasteiger partial charge on any atom is -0.259 e. The molecule has 0 saturated heterocycles. The normalized spacial score (nSPS) is 9.90. The zero-order chi connectivity index (χ0) is 7.56. The molecule has 0 amide bonds. The summed E-state index contributed by atoms with van der Waals surface area (Å²) in [6.07, 6.45) is 1.86. The minimum atomic E-state index is 0.799. The van der Waals surface area contributed by atoms with Gasteiger partial charge < -0.3 is 0 Å². The number of hydrogen-bond acceptors (Lipinski definition) is 1. The van der Waals surface area contributed by atoms with Gasteiger partial charge in [0.1, 0.15) is 0 Å². The van der Waals surface area contributed by atoms with Crippen molar-refractivity contribution in [3.05, 3.63) is 28.0 Å². The monoisotopic (exact) mass is 263 g/mol. The average Bonchev–Trinajstić information content (AvgIpc) is 1.88. The molecule has 0 saturated carbocycles. The lowest BCUT2D eigenvalue weighted by Crippen LogP contribution is -1.86. The van der Waals surface area contributed by atoms with E-state index in [1.165, 1.54) is 5.56 Å². The summed E-state index contributed by atoms with van der Waals surface area (Å²) in [5.41, 5.74) is 2.22. The quantitative estimate of drug-likeness (QED) is 0.711. The Labute approximate surface area is 77.1 Å². The molecule has 0 aliphatic carbocycles. The fourth-order valence-electron chi connectivity index (χ4n) is 0.660. The molecule has 54 valence electrons. The minimum absolute atomic E-state index is 0.799. The summed E-state index contributed by atoms with van der Waals surface area (Å²) in [5, 5.41) is 0.799. The molecule has 10 heavy (non-hydrogen) atoms. The van der Waals surface area contributed by atoms with Gasteiger partial charge in [-0.2, -0.15) is 0 Å². The van der Waals surface area contributed by atoms with Crippen molar-refractivity contribution in [2.45, 2.75) is 12.3 Å². The van der Waals surface area contributed by atoms with Crippen LogP contribution in [0.1, 0.15) is 11.3 Å². The highest BCUT2D eigenvalue weighted by molar-refractivity contribution is 9.10. The highest BCUT2D eigenvalue weighted by atomic mass is 79.9. The Hall–Kier alpha value is 0.110. The molecule has 0 aromatic carbocycles. The molecular weight excluding hydrogens is 258 g/mol. The van der Waals surface area contributed by atoms with Gasteiger partial charge in [0.15, 0.2) is 0 Å². The standard InChI is InChI=1S/C7H7Br2N/c1-5-2-6(9)7(3-8)10-4-5/h2,4H,3H2,1H3. The average molecular weight is 265 g/mol. The Kier molecular flexibility index (Phi) is 2.86. The van der Waals surface area contributed by atoms with Crippen LogP contribution in [0.2, 0.25) is 0 Å². The second-order valence-electron chi connectivity index (χ2n) is 2.07. The van der Waals surface area contributed by atoms with Gasteiger partial charge in [-0.3, -0.25) is 4.98 Å². The van der Waals surface area contributed by atoms with Crippen LogP contribution in [0.15, 0.2) is 16.7 Å². The van der Waals surface area contributed by atoms with Crippen LogP contribution < -0.4 is 0 Å². The summed E-state index contributed by atoms with van der Waals surface area (Å²) < 4.78 is 1.07. The van der Waals surface area contributed by atoms with Gasteiger partial charge >= 0.3 is 0 Å². The highest BCUT2D eigenvalue weighted by Gasteiger charge is 1.97. The Morgan fingerprint density at radius 1 is 1.60 bits per heavy atom. The van der Waals surface area contributed by atoms with Gasteiger partial charge in [-0.25, -0.2) is 0 Å². The molecule has 1 heterocycles. The molecule has 0 aliphatic rings. The lowest BCUT2D eigenvalue weighted by Gasteiger charge is -1.98. The SMILES string of the molecule is Cc1cnc(CBr)c(Br)c1. The molecule has 1 aromatic heterocycles. The molecule has 0 aliphatic heterocycles. The molecule has 1 nitrogen and oxygen atoms in total. The topological polar surface area (TPSA) is 12.9 Å². The van der Waals surface area contributed by atoms with E-state index in [1.54, 1.807) is 0 Å². The van der Waals surface area contributed by atoms with Crippen LogP contribution in [-0.2, 0) is 5.33 Å². The number of pyridine rings is 1. The molecule has 0 fully saturated rings. The second kappa shape index (κ2) is 3.49. The fraction of sp³-hybridized carbons (Fsp3) is 0.286. The van der Waals surface area contributed by atoms with Gasteiger partial charge in [-0.05, 0) is 34.5 Å². The Bertz CT molecular complexity index is 235. The lowest BCUT2D eigenvalue weighted by atomic mass is 10.3. The molecule has 1 rings (SSSR count). The van der Waals surface area contributed by atoms with Crippen LogP contribution in [0.25, 0.3) is 0 Å². The number of hydrogen-bond donors (Lipinski definition) is 0. The van der Waals surface area contributed by atoms with Crippen LogP contribution in [0.4, 0.5) is 0 Å². The summed E-state index contributed by atoms with van der Waals surface area (Å²) in [6, 6.07) is 2.06. The van der Waals surface area contributed by atoms with E-state index in [0.29, 0.717) is 0 Å². The first-order chi connectivity index (χ1) is 4.74. The number of nitrogens with zero attached hydrogens (tertiary/aromatic N) is 1. The van der Waals surface area contributed by atoms with E-state index in [9.17, 15) is 0 Å². The Morgan fingerprint density at radius 2 is 2.30 bits per heavy atom. The highest BCUT2D eigenvalue weighted by Crippen LogP contribution is 2.17. The number of halogens is 2. The summed E-state index contributed by atoms with van der Waals surface area (Å²) >= 11 is 6.76. The number of aromatic nitrogens is 1. The maximum absolute atomic E-state index is 4.20. The summed E-state index contributed by atoms with van der Waals surface area (Å²) in [5.74, 6) is 0. The van der Waals surface area contributed by atoms with Gasteiger partial charge in [-0.15, -0.1) is 0 Å². The third kappa shape index (κ3) is 1.80. The first-order valence-electron chi connectivity index (χ1n) is 2.91. The number of alkyl halides is 1. The molecule has 0 spiro atoms. The zero-order valence-electron chi connectivity index (χ0n) is 5.56. The predicted octanol–water partition coefficient (Wildman–Crippen LogP) is 3.05. The lowest BCUT2D eigenvalue weighted by molar-refractivity contribution is 1.14. The summed E-state index contributed by atoms with van der Waals surface area (Å²) in [7, 11) is 0. The first-order valence-corrected chi connectivity index (χ1v) is 4.82. The maximum Gasteiger partial charge on any atom is 0.0651 e. The molecule has 0 unspecified atom stereocenters. The molecule has 3 heteroatoms. The first kappa shape index (κ1) is 8.21. The molecular formula is C7H7Br2N. The van der Waals surface area contributed by atoms with Crippen molar-refractivity contribution in [1.29, 1.82) is 0 Å². The van der Waals surface area contributed by atoms with E-state index < -0.39 is 0 Å². The third-order valence-electron chi connectivity index (χ3n) is 1.18. The van der Waals surface area contributed by atoms with Crippen LogP contribution in [0, 0.1) is 6.92 Å². The van der Waals surface area contributed by atoms with Crippen molar-refractivity contribution < 1.29 is 0 Å². The van der Waals surface area contributed by atoms with E-state index in [2.05, 4.69) is 42.9 Å². The van der Waals surface area contributed by atoms with E-state index in [4.69, 9.17) is 0 Å². The van der Waals surface area contributed by atoms with Crippen molar-refractivity contribution >= 4 is 31.9 Å². The molecule has 0 N–H and O–H groups in total. The Morgan fingerprint density at radius 3 is 2.80 bits per heavy atom. The molecule has 0 bridgehead atoms. The van der Waals surface area contributed by atoms with Crippen LogP contribution in [0.3, 0.4) is 0 Å². The fourth-order valence-corrected chi connectivity index (χ4v) is 2.09. The second-order valence-corrected chi connectivity index (χ2v) is 3.49. The number of aryl methyl sites for hydroxylation is 1. The van der Waals surface area contributed by atoms with Crippen LogP contribution in [-0.4, -0.2) is 4.98 Å². The van der Waals surface area contributed by atoms with Gasteiger partial charge in [0.05, 0.1) is 5.69 Å². The van der Waals surface area contributed by atoms with Gasteiger partial charge in [0.25, 0.3) is 0 Å². The van der Waals surface area contributed by atoms with Crippen molar-refractivity contribution in [2.75, 3.05) is 0 Å². The van der Waals surface area contributed by atoms with Crippen molar-refractivity contribution in [2.24, 2.45) is 0 Å². The molecule has 0 radical (unpaired) electrons. The largest absolute Gasteiger partial charge is 0.259 e. The predicted molar refractivity (Wildman–Crippen MR) is 49.3 cm³/mol. The zero-order valence-corrected chi connectivity index (χ0v) is 8.74. The van der Waals surface area contributed by atoms with Crippen LogP contribution >= 0.6 is 31.9 Å². The van der Waals surface area contributed by atoms with Crippen LogP contribution in [0.5, 0.6) is 0 Å². The molecule has 0 atom stereocenters. The smallest absolute Gasteiger partial charge is 0.0651 e. The third-order valence-corrected chi connectivity index (χ3v) is 2.40. The van der Waals surface area contributed by atoms with E-state index >= 15 is 0 Å².